The number of aromatic amines is 1. The van der Waals surface area contributed by atoms with Gasteiger partial charge in [0.15, 0.2) is 17.0 Å². The molecule has 1 aliphatic carbocycles. The average Bonchev–Trinajstić information content (AvgIpc) is 3.26. The lowest BCUT2D eigenvalue weighted by molar-refractivity contribution is 0.0710. The molecule has 0 spiro atoms. The Morgan fingerprint density at radius 2 is 2.10 bits per heavy atom. The van der Waals surface area contributed by atoms with Crippen LogP contribution in [0.5, 0.6) is 5.88 Å². The van der Waals surface area contributed by atoms with E-state index in [0.717, 1.165) is 5.69 Å². The fourth-order valence-electron chi connectivity index (χ4n) is 3.59. The van der Waals surface area contributed by atoms with E-state index in [-0.39, 0.29) is 24.2 Å². The standard InChI is InChI=1S/C12H11ClFN7O.C7H14O/c1-5-8-11(19-18-5)22-4-6(14)3-21-10-7(9(13)20-21)2-15-12(16-8)17-10;1-8-7-5-3-2-4-6-7/h2,6H,3-4H2,1H3,(H,18,19)(H,15,16,17);7H,2-6H2,1H3. The van der Waals surface area contributed by atoms with Gasteiger partial charge >= 0.3 is 0 Å². The number of nitrogens with one attached hydrogen (secondary N) is 2. The lowest BCUT2D eigenvalue weighted by Crippen LogP contribution is -2.20. The third kappa shape index (κ3) is 4.49. The number of fused-ring (bicyclic) bond motifs is 2. The Bertz CT molecular complexity index is 1000. The van der Waals surface area contributed by atoms with Crippen LogP contribution in [0.15, 0.2) is 6.20 Å². The molecule has 11 heteroatoms. The second-order valence-electron chi connectivity index (χ2n) is 7.46. The lowest BCUT2D eigenvalue weighted by Gasteiger charge is -2.19. The summed E-state index contributed by atoms with van der Waals surface area (Å²) in [5.41, 5.74) is 1.78. The van der Waals surface area contributed by atoms with Crippen LogP contribution in [0.4, 0.5) is 16.0 Å². The Hall–Kier alpha value is -2.46. The molecule has 3 aromatic rings. The molecule has 2 bridgehead atoms. The largest absolute Gasteiger partial charge is 0.472 e. The van der Waals surface area contributed by atoms with Crippen molar-refractivity contribution in [1.82, 2.24) is 29.9 Å². The predicted molar refractivity (Wildman–Crippen MR) is 111 cm³/mol. The van der Waals surface area contributed by atoms with Gasteiger partial charge < -0.3 is 14.8 Å². The van der Waals surface area contributed by atoms with Crippen molar-refractivity contribution in [3.63, 3.8) is 0 Å². The zero-order chi connectivity index (χ0) is 21.1. The van der Waals surface area contributed by atoms with Crippen LogP contribution >= 0.6 is 11.6 Å². The van der Waals surface area contributed by atoms with Crippen LogP contribution in [0.3, 0.4) is 0 Å². The van der Waals surface area contributed by atoms with Gasteiger partial charge in [0.25, 0.3) is 5.88 Å². The van der Waals surface area contributed by atoms with E-state index in [9.17, 15) is 4.39 Å². The highest BCUT2D eigenvalue weighted by molar-refractivity contribution is 6.34. The third-order valence-corrected chi connectivity index (χ3v) is 5.53. The molecule has 0 aromatic carbocycles. The maximum Gasteiger partial charge on any atom is 0.257 e. The molecule has 0 radical (unpaired) electrons. The minimum Gasteiger partial charge on any atom is -0.472 e. The first-order chi connectivity index (χ1) is 14.5. The summed E-state index contributed by atoms with van der Waals surface area (Å²) in [6.07, 6.45) is 7.60. The van der Waals surface area contributed by atoms with Crippen molar-refractivity contribution < 1.29 is 13.9 Å². The van der Waals surface area contributed by atoms with Gasteiger partial charge in [0, 0.05) is 13.3 Å². The second kappa shape index (κ2) is 9.13. The molecule has 9 nitrogen and oxygen atoms in total. The summed E-state index contributed by atoms with van der Waals surface area (Å²) in [5, 5.41) is 14.7. The molecule has 2 N–H and O–H groups in total. The average molecular weight is 438 g/mol. The number of nitrogens with zero attached hydrogens (tertiary/aromatic N) is 5. The van der Waals surface area contributed by atoms with Gasteiger partial charge in [-0.3, -0.25) is 5.10 Å². The number of ether oxygens (including phenoxy) is 2. The summed E-state index contributed by atoms with van der Waals surface area (Å²) >= 11 is 6.04. The number of hydrogen-bond acceptors (Lipinski definition) is 7. The van der Waals surface area contributed by atoms with Gasteiger partial charge in [-0.05, 0) is 19.8 Å². The first-order valence-corrected chi connectivity index (χ1v) is 10.4. The molecule has 3 aromatic heterocycles. The first kappa shape index (κ1) is 20.8. The number of halogens is 2. The van der Waals surface area contributed by atoms with Gasteiger partial charge in [-0.15, -0.1) is 5.10 Å². The zero-order valence-corrected chi connectivity index (χ0v) is 17.7. The Morgan fingerprint density at radius 1 is 1.30 bits per heavy atom. The van der Waals surface area contributed by atoms with E-state index in [0.29, 0.717) is 28.8 Å². The number of anilines is 2. The van der Waals surface area contributed by atoms with Crippen LogP contribution in [-0.4, -0.2) is 55.9 Å². The zero-order valence-electron chi connectivity index (χ0n) is 17.0. The van der Waals surface area contributed by atoms with Crippen LogP contribution in [-0.2, 0) is 11.3 Å². The summed E-state index contributed by atoms with van der Waals surface area (Å²) in [6, 6.07) is 0. The molecule has 1 saturated carbocycles. The van der Waals surface area contributed by atoms with E-state index in [4.69, 9.17) is 21.1 Å². The SMILES string of the molecule is COC1CCCCC1.Cc1[nH]nc2c1Nc1ncc3c(Cl)nn(c3n1)CC(F)CO2. The van der Waals surface area contributed by atoms with E-state index in [1.54, 1.807) is 6.20 Å². The first-order valence-electron chi connectivity index (χ1n) is 10.1. The van der Waals surface area contributed by atoms with Gasteiger partial charge in [0.2, 0.25) is 5.95 Å². The third-order valence-electron chi connectivity index (χ3n) is 5.25. The molecule has 1 atom stereocenters. The highest BCUT2D eigenvalue weighted by Gasteiger charge is 2.21. The number of methoxy groups -OCH3 is 1. The maximum absolute atomic E-state index is 14.1. The molecular weight excluding hydrogens is 413 g/mol. The van der Waals surface area contributed by atoms with Gasteiger partial charge in [0.1, 0.15) is 12.3 Å². The topological polar surface area (TPSA) is 103 Å². The number of aromatic nitrogens is 6. The van der Waals surface area contributed by atoms with Gasteiger partial charge in [-0.2, -0.15) is 10.1 Å². The fraction of sp³-hybridized carbons (Fsp3) is 0.579. The van der Waals surface area contributed by atoms with E-state index < -0.39 is 6.17 Å². The fourth-order valence-corrected chi connectivity index (χ4v) is 3.82. The van der Waals surface area contributed by atoms with Crippen molar-refractivity contribution in [2.75, 3.05) is 19.0 Å². The Kier molecular flexibility index (Phi) is 6.33. The van der Waals surface area contributed by atoms with E-state index >= 15 is 0 Å². The Balaban J connectivity index is 0.000000230. The van der Waals surface area contributed by atoms with Crippen molar-refractivity contribution >= 4 is 34.3 Å². The van der Waals surface area contributed by atoms with Gasteiger partial charge in [-0.1, -0.05) is 30.9 Å². The van der Waals surface area contributed by atoms with Crippen LogP contribution in [0.1, 0.15) is 37.8 Å². The van der Waals surface area contributed by atoms with E-state index in [1.165, 1.54) is 36.8 Å². The normalized spacial score (nSPS) is 19.3. The second-order valence-corrected chi connectivity index (χ2v) is 7.82. The molecule has 5 rings (SSSR count). The monoisotopic (exact) mass is 437 g/mol. The molecule has 162 valence electrons. The van der Waals surface area contributed by atoms with E-state index in [1.807, 2.05) is 14.0 Å². The Labute approximate surface area is 178 Å². The molecule has 1 aliphatic heterocycles. The smallest absolute Gasteiger partial charge is 0.257 e. The number of hydrogen-bond donors (Lipinski definition) is 2. The quantitative estimate of drug-likeness (QED) is 0.594. The molecule has 30 heavy (non-hydrogen) atoms. The molecule has 1 unspecified atom stereocenters. The summed E-state index contributed by atoms with van der Waals surface area (Å²) in [7, 11) is 1.82. The van der Waals surface area contributed by atoms with Gasteiger partial charge in [-0.25, -0.2) is 14.1 Å². The Morgan fingerprint density at radius 3 is 2.83 bits per heavy atom. The minimum absolute atomic E-state index is 0.0155. The highest BCUT2D eigenvalue weighted by Crippen LogP contribution is 2.30. The van der Waals surface area contributed by atoms with Crippen LogP contribution in [0.25, 0.3) is 11.0 Å². The van der Waals surface area contributed by atoms with Crippen molar-refractivity contribution in [2.24, 2.45) is 0 Å². The van der Waals surface area contributed by atoms with Crippen LogP contribution in [0, 0.1) is 6.92 Å². The number of aryl methyl sites for hydroxylation is 1. The molecule has 4 heterocycles. The molecular formula is C19H25ClFN7O2. The number of alkyl halides is 1. The number of rotatable bonds is 1. The van der Waals surface area contributed by atoms with Crippen LogP contribution < -0.4 is 10.1 Å². The van der Waals surface area contributed by atoms with Crippen LogP contribution in [0.2, 0.25) is 5.15 Å². The summed E-state index contributed by atoms with van der Waals surface area (Å²) in [5.74, 6) is 0.610. The maximum atomic E-state index is 14.1. The molecule has 1 fully saturated rings. The summed E-state index contributed by atoms with van der Waals surface area (Å²) < 4.78 is 26.2. The lowest BCUT2D eigenvalue weighted by atomic mass is 9.98. The van der Waals surface area contributed by atoms with Crippen molar-refractivity contribution in [2.45, 2.75) is 57.8 Å². The summed E-state index contributed by atoms with van der Waals surface area (Å²) in [6.45, 7) is 1.65. The molecule has 0 amide bonds. The van der Waals surface area contributed by atoms with Crippen molar-refractivity contribution in [3.8, 4) is 5.88 Å². The predicted octanol–water partition coefficient (Wildman–Crippen LogP) is 3.95. The van der Waals surface area contributed by atoms with Crippen molar-refractivity contribution in [3.05, 3.63) is 17.0 Å². The molecule has 2 aliphatic rings. The minimum atomic E-state index is -1.28. The van der Waals surface area contributed by atoms with Crippen molar-refractivity contribution in [1.29, 1.82) is 0 Å². The highest BCUT2D eigenvalue weighted by atomic mass is 35.5. The summed E-state index contributed by atoms with van der Waals surface area (Å²) in [4.78, 5) is 8.56. The van der Waals surface area contributed by atoms with Gasteiger partial charge in [0.05, 0.1) is 23.7 Å². The molecule has 0 saturated heterocycles. The number of H-pyrrole nitrogens is 1. The van der Waals surface area contributed by atoms with E-state index in [2.05, 4.69) is 30.6 Å².